The second kappa shape index (κ2) is 11.0. The van der Waals surface area contributed by atoms with Gasteiger partial charge in [0.1, 0.15) is 5.75 Å². The van der Waals surface area contributed by atoms with Gasteiger partial charge in [-0.2, -0.15) is 0 Å². The summed E-state index contributed by atoms with van der Waals surface area (Å²) in [6.07, 6.45) is 2.16. The molecule has 0 bridgehead atoms. The summed E-state index contributed by atoms with van der Waals surface area (Å²) in [5.74, 6) is 1.87. The van der Waals surface area contributed by atoms with Crippen molar-refractivity contribution in [1.29, 1.82) is 0 Å². The van der Waals surface area contributed by atoms with Gasteiger partial charge < -0.3 is 14.6 Å². The van der Waals surface area contributed by atoms with E-state index in [2.05, 4.69) is 29.4 Å². The van der Waals surface area contributed by atoms with Crippen LogP contribution in [-0.4, -0.2) is 33.0 Å². The van der Waals surface area contributed by atoms with Gasteiger partial charge in [0.15, 0.2) is 11.0 Å². The SMILES string of the molecule is CCCCOc1ccc(-c2nnc(SCC(=O)Nc3cc(C)ccc3C)n2CC)cc1. The van der Waals surface area contributed by atoms with Gasteiger partial charge in [-0.15, -0.1) is 10.2 Å². The quantitative estimate of drug-likeness (QED) is 0.335. The smallest absolute Gasteiger partial charge is 0.234 e. The Balaban J connectivity index is 1.64. The molecule has 1 aromatic heterocycles. The number of nitrogens with one attached hydrogen (secondary N) is 1. The van der Waals surface area contributed by atoms with E-state index in [4.69, 9.17) is 4.74 Å². The van der Waals surface area contributed by atoms with Crippen LogP contribution in [0, 0.1) is 13.8 Å². The van der Waals surface area contributed by atoms with Crippen molar-refractivity contribution in [2.75, 3.05) is 17.7 Å². The van der Waals surface area contributed by atoms with Crippen molar-refractivity contribution in [2.45, 2.75) is 52.2 Å². The topological polar surface area (TPSA) is 69.0 Å². The van der Waals surface area contributed by atoms with Crippen LogP contribution in [0.25, 0.3) is 11.4 Å². The first-order chi connectivity index (χ1) is 15.0. The maximum atomic E-state index is 12.5. The number of aromatic nitrogens is 3. The summed E-state index contributed by atoms with van der Waals surface area (Å²) in [6.45, 7) is 9.65. The molecule has 7 heteroatoms. The summed E-state index contributed by atoms with van der Waals surface area (Å²) in [5, 5.41) is 12.4. The van der Waals surface area contributed by atoms with Crippen LogP contribution in [0.4, 0.5) is 5.69 Å². The summed E-state index contributed by atoms with van der Waals surface area (Å²) in [4.78, 5) is 12.5. The number of rotatable bonds is 10. The first kappa shape index (κ1) is 22.9. The van der Waals surface area contributed by atoms with Crippen molar-refractivity contribution in [3.8, 4) is 17.1 Å². The number of anilines is 1. The minimum atomic E-state index is -0.0560. The molecule has 0 radical (unpaired) electrons. The van der Waals surface area contributed by atoms with Crippen molar-refractivity contribution in [3.05, 3.63) is 53.6 Å². The van der Waals surface area contributed by atoms with E-state index in [1.807, 2.05) is 60.9 Å². The molecule has 0 atom stereocenters. The third-order valence-electron chi connectivity index (χ3n) is 4.91. The first-order valence-electron chi connectivity index (χ1n) is 10.7. The number of nitrogens with zero attached hydrogens (tertiary/aromatic N) is 3. The number of benzene rings is 2. The number of carbonyl (C=O) groups excluding carboxylic acids is 1. The Hall–Kier alpha value is -2.80. The van der Waals surface area contributed by atoms with Crippen molar-refractivity contribution in [3.63, 3.8) is 0 Å². The number of ether oxygens (including phenoxy) is 1. The second-order valence-corrected chi connectivity index (χ2v) is 8.37. The van der Waals surface area contributed by atoms with Crippen molar-refractivity contribution in [1.82, 2.24) is 14.8 Å². The molecule has 1 heterocycles. The van der Waals surface area contributed by atoms with E-state index in [9.17, 15) is 4.79 Å². The predicted molar refractivity (Wildman–Crippen MR) is 127 cm³/mol. The van der Waals surface area contributed by atoms with E-state index in [1.54, 1.807) is 0 Å². The van der Waals surface area contributed by atoms with Crippen molar-refractivity contribution < 1.29 is 9.53 Å². The Morgan fingerprint density at radius 2 is 1.87 bits per heavy atom. The number of hydrogen-bond donors (Lipinski definition) is 1. The molecule has 0 aliphatic rings. The van der Waals surface area contributed by atoms with Crippen LogP contribution < -0.4 is 10.1 Å². The van der Waals surface area contributed by atoms with Crippen LogP contribution in [0.15, 0.2) is 47.6 Å². The van der Waals surface area contributed by atoms with Gasteiger partial charge in [0.25, 0.3) is 0 Å². The molecular formula is C24H30N4O2S. The van der Waals surface area contributed by atoms with Crippen molar-refractivity contribution in [2.24, 2.45) is 0 Å². The molecule has 31 heavy (non-hydrogen) atoms. The van der Waals surface area contributed by atoms with Crippen LogP contribution >= 0.6 is 11.8 Å². The zero-order valence-corrected chi connectivity index (χ0v) is 19.5. The lowest BCUT2D eigenvalue weighted by atomic mass is 10.1. The highest BCUT2D eigenvalue weighted by atomic mass is 32.2. The van der Waals surface area contributed by atoms with Crippen LogP contribution in [0.5, 0.6) is 5.75 Å². The maximum absolute atomic E-state index is 12.5. The molecule has 6 nitrogen and oxygen atoms in total. The van der Waals surface area contributed by atoms with Gasteiger partial charge in [0, 0.05) is 17.8 Å². The Kier molecular flexibility index (Phi) is 8.12. The van der Waals surface area contributed by atoms with Crippen LogP contribution in [0.1, 0.15) is 37.8 Å². The van der Waals surface area contributed by atoms with Gasteiger partial charge in [-0.3, -0.25) is 4.79 Å². The average Bonchev–Trinajstić information content (AvgIpc) is 3.18. The first-order valence-corrected chi connectivity index (χ1v) is 11.7. The lowest BCUT2D eigenvalue weighted by Gasteiger charge is -2.10. The third kappa shape index (κ3) is 6.10. The molecule has 1 N–H and O–H groups in total. The maximum Gasteiger partial charge on any atom is 0.234 e. The van der Waals surface area contributed by atoms with Gasteiger partial charge in [-0.25, -0.2) is 0 Å². The molecule has 3 rings (SSSR count). The molecule has 0 aliphatic heterocycles. The van der Waals surface area contributed by atoms with E-state index >= 15 is 0 Å². The molecule has 2 aromatic carbocycles. The third-order valence-corrected chi connectivity index (χ3v) is 5.88. The zero-order valence-electron chi connectivity index (χ0n) is 18.6. The molecule has 0 unspecified atom stereocenters. The van der Waals surface area contributed by atoms with Gasteiger partial charge in [0.05, 0.1) is 12.4 Å². The number of amides is 1. The fraction of sp³-hybridized carbons (Fsp3) is 0.375. The summed E-state index contributed by atoms with van der Waals surface area (Å²) in [7, 11) is 0. The second-order valence-electron chi connectivity index (χ2n) is 7.43. The average molecular weight is 439 g/mol. The highest BCUT2D eigenvalue weighted by Crippen LogP contribution is 2.26. The highest BCUT2D eigenvalue weighted by molar-refractivity contribution is 7.99. The van der Waals surface area contributed by atoms with Crippen LogP contribution in [0.3, 0.4) is 0 Å². The van der Waals surface area contributed by atoms with E-state index < -0.39 is 0 Å². The summed E-state index contributed by atoms with van der Waals surface area (Å²) >= 11 is 1.39. The minimum absolute atomic E-state index is 0.0560. The molecule has 3 aromatic rings. The number of unbranched alkanes of at least 4 members (excludes halogenated alkanes) is 1. The Labute approximate surface area is 188 Å². The number of thioether (sulfide) groups is 1. The fourth-order valence-corrected chi connectivity index (χ4v) is 3.92. The van der Waals surface area contributed by atoms with Crippen LogP contribution in [-0.2, 0) is 11.3 Å². The highest BCUT2D eigenvalue weighted by Gasteiger charge is 2.15. The van der Waals surface area contributed by atoms with E-state index in [0.717, 1.165) is 65.1 Å². The van der Waals surface area contributed by atoms with E-state index in [-0.39, 0.29) is 11.7 Å². The van der Waals surface area contributed by atoms with Gasteiger partial charge >= 0.3 is 0 Å². The fourth-order valence-electron chi connectivity index (χ4n) is 3.12. The summed E-state index contributed by atoms with van der Waals surface area (Å²) in [6, 6.07) is 14.0. The number of hydrogen-bond acceptors (Lipinski definition) is 5. The van der Waals surface area contributed by atoms with Gasteiger partial charge in [-0.1, -0.05) is 37.2 Å². The number of carbonyl (C=O) groups is 1. The minimum Gasteiger partial charge on any atom is -0.494 e. The molecule has 0 fully saturated rings. The Morgan fingerprint density at radius 3 is 2.58 bits per heavy atom. The van der Waals surface area contributed by atoms with Crippen LogP contribution in [0.2, 0.25) is 0 Å². The normalized spacial score (nSPS) is 10.8. The van der Waals surface area contributed by atoms with Gasteiger partial charge in [0.2, 0.25) is 5.91 Å². The lowest BCUT2D eigenvalue weighted by molar-refractivity contribution is -0.113. The molecule has 1 amide bonds. The zero-order chi connectivity index (χ0) is 22.2. The summed E-state index contributed by atoms with van der Waals surface area (Å²) < 4.78 is 7.77. The predicted octanol–water partition coefficient (Wildman–Crippen LogP) is 5.49. The van der Waals surface area contributed by atoms with E-state index in [1.165, 1.54) is 11.8 Å². The number of aryl methyl sites for hydroxylation is 2. The molecule has 0 saturated heterocycles. The molecule has 164 valence electrons. The molecular weight excluding hydrogens is 408 g/mol. The Morgan fingerprint density at radius 1 is 1.10 bits per heavy atom. The van der Waals surface area contributed by atoms with E-state index in [0.29, 0.717) is 0 Å². The Bertz CT molecular complexity index is 1010. The lowest BCUT2D eigenvalue weighted by Crippen LogP contribution is -2.15. The molecule has 0 saturated carbocycles. The largest absolute Gasteiger partial charge is 0.494 e. The standard InChI is InChI=1S/C24H30N4O2S/c1-5-7-14-30-20-12-10-19(11-13-20)23-26-27-24(28(23)6-2)31-16-22(29)25-21-15-17(3)8-9-18(21)4/h8-13,15H,5-7,14,16H2,1-4H3,(H,25,29). The van der Waals surface area contributed by atoms with Crippen molar-refractivity contribution >= 4 is 23.4 Å². The molecule has 0 aliphatic carbocycles. The monoisotopic (exact) mass is 438 g/mol. The molecule has 0 spiro atoms. The van der Waals surface area contributed by atoms with Gasteiger partial charge in [-0.05, 0) is 68.7 Å². The summed E-state index contributed by atoms with van der Waals surface area (Å²) in [5.41, 5.74) is 3.99.